The van der Waals surface area contributed by atoms with Gasteiger partial charge in [0.05, 0.1) is 15.1 Å². The van der Waals surface area contributed by atoms with Gasteiger partial charge in [-0.15, -0.1) is 16.4 Å². The number of sulfone groups is 1. The lowest BCUT2D eigenvalue weighted by Crippen LogP contribution is -2.07. The summed E-state index contributed by atoms with van der Waals surface area (Å²) in [5, 5.41) is 15.8. The van der Waals surface area contributed by atoms with E-state index in [9.17, 15) is 8.42 Å². The Morgan fingerprint density at radius 2 is 1.75 bits per heavy atom. The molecule has 9 heteroatoms. The van der Waals surface area contributed by atoms with Crippen molar-refractivity contribution in [1.29, 1.82) is 0 Å². The molecule has 0 bridgehead atoms. The summed E-state index contributed by atoms with van der Waals surface area (Å²) < 4.78 is 29.4. The van der Waals surface area contributed by atoms with Gasteiger partial charge >= 0.3 is 0 Å². The van der Waals surface area contributed by atoms with Gasteiger partial charge in [0.2, 0.25) is 14.9 Å². The number of aromatic nitrogens is 4. The number of hydrogen-bond donors (Lipinski definition) is 1. The molecule has 1 N–H and O–H groups in total. The van der Waals surface area contributed by atoms with Crippen LogP contribution in [0.3, 0.4) is 0 Å². The van der Waals surface area contributed by atoms with Crippen molar-refractivity contribution in [2.75, 3.05) is 5.32 Å². The van der Waals surface area contributed by atoms with Gasteiger partial charge in [-0.25, -0.2) is 13.4 Å². The molecule has 0 aliphatic rings. The average molecular weight is 514 g/mol. The highest BCUT2D eigenvalue weighted by atomic mass is 32.2. The molecule has 0 unspecified atom stereocenters. The highest BCUT2D eigenvalue weighted by molar-refractivity contribution is 7.91. The topological polar surface area (TPSA) is 89.2 Å². The molecule has 0 saturated carbocycles. The van der Waals surface area contributed by atoms with Crippen molar-refractivity contribution >= 4 is 53.6 Å². The number of anilines is 1. The van der Waals surface area contributed by atoms with Gasteiger partial charge < -0.3 is 5.32 Å². The monoisotopic (exact) mass is 513 g/mol. The van der Waals surface area contributed by atoms with Crippen LogP contribution < -0.4 is 5.32 Å². The van der Waals surface area contributed by atoms with E-state index in [2.05, 4.69) is 53.7 Å². The maximum atomic E-state index is 13.5. The van der Waals surface area contributed by atoms with Crippen LogP contribution in [-0.2, 0) is 16.4 Å². The normalized spacial score (nSPS) is 12.2. The molecule has 36 heavy (non-hydrogen) atoms. The molecule has 6 aromatic rings. The Kier molecular flexibility index (Phi) is 5.46. The summed E-state index contributed by atoms with van der Waals surface area (Å²) in [6, 6.07) is 23.3. The first kappa shape index (κ1) is 22.6. The van der Waals surface area contributed by atoms with Crippen LogP contribution in [-0.4, -0.2) is 28.2 Å². The number of nitrogens with zero attached hydrogens (tertiary/aromatic N) is 4. The SMILES string of the molecule is CC(C)c1ccc(S(=O)(=O)c2nnn3c2nc(NCc2cccc4ccccc24)c2sccc23)cc1. The summed E-state index contributed by atoms with van der Waals surface area (Å²) in [6.45, 7) is 4.68. The fourth-order valence-corrected chi connectivity index (χ4v) is 6.46. The molecule has 6 rings (SSSR count). The molecule has 3 aromatic heterocycles. The molecule has 0 radical (unpaired) electrons. The fraction of sp³-hybridized carbons (Fsp3) is 0.148. The van der Waals surface area contributed by atoms with Crippen molar-refractivity contribution in [2.45, 2.75) is 36.2 Å². The van der Waals surface area contributed by atoms with Gasteiger partial charge in [-0.1, -0.05) is 73.7 Å². The Balaban J connectivity index is 1.43. The molecule has 3 heterocycles. The van der Waals surface area contributed by atoms with E-state index in [0.717, 1.165) is 26.7 Å². The number of rotatable bonds is 6. The molecular weight excluding hydrogens is 490 g/mol. The summed E-state index contributed by atoms with van der Waals surface area (Å²) in [4.78, 5) is 4.90. The summed E-state index contributed by atoms with van der Waals surface area (Å²) in [5.41, 5.74) is 3.16. The van der Waals surface area contributed by atoms with Gasteiger partial charge in [0.1, 0.15) is 5.82 Å². The zero-order valence-electron chi connectivity index (χ0n) is 19.7. The number of benzene rings is 3. The summed E-state index contributed by atoms with van der Waals surface area (Å²) in [7, 11) is -3.91. The third kappa shape index (κ3) is 3.71. The van der Waals surface area contributed by atoms with Crippen molar-refractivity contribution in [1.82, 2.24) is 19.8 Å². The van der Waals surface area contributed by atoms with Gasteiger partial charge in [0, 0.05) is 6.54 Å². The van der Waals surface area contributed by atoms with E-state index in [1.165, 1.54) is 21.2 Å². The summed E-state index contributed by atoms with van der Waals surface area (Å²) >= 11 is 1.52. The number of thiophene rings is 1. The van der Waals surface area contributed by atoms with Gasteiger partial charge in [-0.05, 0) is 51.4 Å². The Morgan fingerprint density at radius 1 is 0.972 bits per heavy atom. The average Bonchev–Trinajstić information content (AvgIpc) is 3.55. The van der Waals surface area contributed by atoms with Gasteiger partial charge in [0.15, 0.2) is 5.65 Å². The number of fused-ring (bicyclic) bond motifs is 4. The lowest BCUT2D eigenvalue weighted by molar-refractivity contribution is 0.592. The Hall–Kier alpha value is -3.82. The maximum absolute atomic E-state index is 13.5. The first-order valence-corrected chi connectivity index (χ1v) is 14.0. The molecule has 0 fully saturated rings. The van der Waals surface area contributed by atoms with Crippen molar-refractivity contribution in [3.05, 3.63) is 89.3 Å². The van der Waals surface area contributed by atoms with Crippen molar-refractivity contribution < 1.29 is 8.42 Å². The van der Waals surface area contributed by atoms with Crippen LogP contribution in [0.2, 0.25) is 0 Å². The second-order valence-electron chi connectivity index (χ2n) is 8.94. The third-order valence-electron chi connectivity index (χ3n) is 6.36. The fourth-order valence-electron chi connectivity index (χ4n) is 4.39. The highest BCUT2D eigenvalue weighted by Gasteiger charge is 2.27. The van der Waals surface area contributed by atoms with Crippen molar-refractivity contribution in [2.24, 2.45) is 0 Å². The second-order valence-corrected chi connectivity index (χ2v) is 11.7. The number of nitrogens with one attached hydrogen (secondary N) is 1. The third-order valence-corrected chi connectivity index (χ3v) is 8.94. The molecule has 180 valence electrons. The van der Waals surface area contributed by atoms with E-state index in [1.807, 2.05) is 41.8 Å². The van der Waals surface area contributed by atoms with Crippen LogP contribution >= 0.6 is 11.3 Å². The van der Waals surface area contributed by atoms with Gasteiger partial charge in [0.25, 0.3) is 0 Å². The van der Waals surface area contributed by atoms with E-state index in [-0.39, 0.29) is 15.6 Å². The molecule has 0 saturated heterocycles. The van der Waals surface area contributed by atoms with E-state index >= 15 is 0 Å². The maximum Gasteiger partial charge on any atom is 0.229 e. The first-order chi connectivity index (χ1) is 17.4. The predicted molar refractivity (Wildman–Crippen MR) is 143 cm³/mol. The minimum atomic E-state index is -3.91. The predicted octanol–water partition coefficient (Wildman–Crippen LogP) is 6.06. The van der Waals surface area contributed by atoms with Crippen LogP contribution in [0.4, 0.5) is 5.82 Å². The van der Waals surface area contributed by atoms with Crippen LogP contribution in [0.15, 0.2) is 88.1 Å². The van der Waals surface area contributed by atoms with Crippen LogP contribution in [0.25, 0.3) is 26.6 Å². The molecule has 3 aromatic carbocycles. The molecule has 0 aliphatic heterocycles. The van der Waals surface area contributed by atoms with E-state index in [0.29, 0.717) is 18.3 Å². The smallest absolute Gasteiger partial charge is 0.229 e. The molecule has 7 nitrogen and oxygen atoms in total. The second kappa shape index (κ2) is 8.69. The Morgan fingerprint density at radius 3 is 2.56 bits per heavy atom. The number of hydrogen-bond acceptors (Lipinski definition) is 7. The molecule has 0 aliphatic carbocycles. The summed E-state index contributed by atoms with van der Waals surface area (Å²) in [6.07, 6.45) is 0. The van der Waals surface area contributed by atoms with E-state index in [1.54, 1.807) is 12.1 Å². The lowest BCUT2D eigenvalue weighted by atomic mass is 10.0. The zero-order chi connectivity index (χ0) is 24.9. The standard InChI is InChI=1S/C27H23N5O2S2/c1-17(2)18-10-12-21(13-11-18)36(33,34)27-26-29-25(24-23(14-15-35-24)32(26)31-30-27)28-16-20-8-5-7-19-6-3-4-9-22(19)20/h3-15,17H,16H2,1-2H3,(H,28,29). The quantitative estimate of drug-likeness (QED) is 0.291. The zero-order valence-corrected chi connectivity index (χ0v) is 21.3. The van der Waals surface area contributed by atoms with Crippen LogP contribution in [0, 0.1) is 0 Å². The minimum Gasteiger partial charge on any atom is -0.365 e. The molecular formula is C27H23N5O2S2. The van der Waals surface area contributed by atoms with Gasteiger partial charge in [-0.2, -0.15) is 4.52 Å². The van der Waals surface area contributed by atoms with Crippen molar-refractivity contribution in [3.63, 3.8) is 0 Å². The molecule has 0 amide bonds. The largest absolute Gasteiger partial charge is 0.365 e. The lowest BCUT2D eigenvalue weighted by Gasteiger charge is -2.11. The molecule has 0 atom stereocenters. The van der Waals surface area contributed by atoms with Gasteiger partial charge in [-0.3, -0.25) is 0 Å². The minimum absolute atomic E-state index is 0.152. The Labute approximate surface area is 212 Å². The van der Waals surface area contributed by atoms with Crippen molar-refractivity contribution in [3.8, 4) is 0 Å². The Bertz CT molecular complexity index is 1830. The molecule has 0 spiro atoms. The summed E-state index contributed by atoms with van der Waals surface area (Å²) in [5.74, 6) is 0.912. The van der Waals surface area contributed by atoms with E-state index < -0.39 is 9.84 Å². The van der Waals surface area contributed by atoms with Crippen LogP contribution in [0.5, 0.6) is 0 Å². The highest BCUT2D eigenvalue weighted by Crippen LogP contribution is 2.32. The van der Waals surface area contributed by atoms with E-state index in [4.69, 9.17) is 4.98 Å². The van der Waals surface area contributed by atoms with Crippen LogP contribution in [0.1, 0.15) is 30.9 Å². The first-order valence-electron chi connectivity index (χ1n) is 11.6.